The SMILES string of the molecule is CC/C=C/C=C/C=C/C=C/CCCCCCCC(=O)OC[C@H](CO[C@H]1O[C@H](CS(=O)(=O)O)[C@@H](O)C(O)C1O)OC(=O)CCCCC/C=C/C/C=C/C/C=C/C/C=C/C/C=C/CC. The minimum Gasteiger partial charge on any atom is -0.462 e. The van der Waals surface area contributed by atoms with Crippen LogP contribution in [-0.2, 0) is 38.7 Å². The van der Waals surface area contributed by atoms with Gasteiger partial charge in [0, 0.05) is 12.8 Å². The molecule has 0 radical (unpaired) electrons. The number of hydrogen-bond acceptors (Lipinski definition) is 11. The molecule has 0 saturated carbocycles. The van der Waals surface area contributed by atoms with E-state index in [0.29, 0.717) is 12.8 Å². The summed E-state index contributed by atoms with van der Waals surface area (Å²) in [5, 5.41) is 30.9. The molecule has 0 aromatic heterocycles. The van der Waals surface area contributed by atoms with Crippen LogP contribution in [0, 0.1) is 0 Å². The van der Waals surface area contributed by atoms with E-state index in [4.69, 9.17) is 18.9 Å². The van der Waals surface area contributed by atoms with Crippen LogP contribution < -0.4 is 0 Å². The molecule has 0 aromatic rings. The van der Waals surface area contributed by atoms with Gasteiger partial charge in [-0.25, -0.2) is 0 Å². The molecule has 0 spiro atoms. The first-order valence-corrected chi connectivity index (χ1v) is 24.1. The van der Waals surface area contributed by atoms with Gasteiger partial charge in [-0.05, 0) is 77.0 Å². The predicted octanol–water partition coefficient (Wildman–Crippen LogP) is 9.22. The maximum atomic E-state index is 12.8. The van der Waals surface area contributed by atoms with E-state index in [1.165, 1.54) is 0 Å². The van der Waals surface area contributed by atoms with E-state index < -0.39 is 71.2 Å². The van der Waals surface area contributed by atoms with Crippen molar-refractivity contribution in [1.29, 1.82) is 0 Å². The Kier molecular flexibility index (Phi) is 34.4. The van der Waals surface area contributed by atoms with Crippen molar-refractivity contribution in [1.82, 2.24) is 0 Å². The van der Waals surface area contributed by atoms with Gasteiger partial charge in [-0.1, -0.05) is 149 Å². The average Bonchev–Trinajstić information content (AvgIpc) is 3.24. The van der Waals surface area contributed by atoms with Crippen molar-refractivity contribution in [3.05, 3.63) is 109 Å². The molecule has 1 saturated heterocycles. The van der Waals surface area contributed by atoms with Crippen LogP contribution in [-0.4, -0.2) is 96.0 Å². The minimum atomic E-state index is -4.62. The Bertz CT molecular complexity index is 1560. The van der Waals surface area contributed by atoms with Crippen molar-refractivity contribution >= 4 is 22.1 Å². The first-order chi connectivity index (χ1) is 30.0. The quantitative estimate of drug-likeness (QED) is 0.0156. The molecule has 1 rings (SSSR count). The van der Waals surface area contributed by atoms with Gasteiger partial charge in [-0.15, -0.1) is 0 Å². The molecule has 1 fully saturated rings. The van der Waals surface area contributed by atoms with E-state index in [0.717, 1.165) is 89.9 Å². The zero-order valence-electron chi connectivity index (χ0n) is 37.2. The Morgan fingerprint density at radius 2 is 1.05 bits per heavy atom. The van der Waals surface area contributed by atoms with Crippen molar-refractivity contribution in [2.75, 3.05) is 19.0 Å². The molecule has 62 heavy (non-hydrogen) atoms. The highest BCUT2D eigenvalue weighted by molar-refractivity contribution is 7.85. The summed E-state index contributed by atoms with van der Waals surface area (Å²) in [5.41, 5.74) is 0. The third kappa shape index (κ3) is 32.1. The van der Waals surface area contributed by atoms with Crippen LogP contribution in [0.3, 0.4) is 0 Å². The molecular weight excluding hydrogens is 813 g/mol. The van der Waals surface area contributed by atoms with Gasteiger partial charge in [0.25, 0.3) is 10.1 Å². The largest absolute Gasteiger partial charge is 0.462 e. The molecule has 0 amide bonds. The normalized spacial score (nSPS) is 20.9. The number of esters is 2. The Morgan fingerprint density at radius 3 is 1.65 bits per heavy atom. The molecule has 350 valence electrons. The van der Waals surface area contributed by atoms with Gasteiger partial charge >= 0.3 is 11.9 Å². The minimum absolute atomic E-state index is 0.112. The first-order valence-electron chi connectivity index (χ1n) is 22.5. The summed E-state index contributed by atoms with van der Waals surface area (Å²) >= 11 is 0. The lowest BCUT2D eigenvalue weighted by Crippen LogP contribution is -2.60. The van der Waals surface area contributed by atoms with Crippen LogP contribution in [0.1, 0.15) is 129 Å². The molecule has 0 bridgehead atoms. The summed E-state index contributed by atoms with van der Waals surface area (Å²) < 4.78 is 54.0. The molecule has 4 N–H and O–H groups in total. The maximum absolute atomic E-state index is 12.8. The number of carbonyl (C=O) groups is 2. The zero-order chi connectivity index (χ0) is 45.5. The van der Waals surface area contributed by atoms with Gasteiger partial charge in [0.15, 0.2) is 12.4 Å². The fraction of sp³-hybridized carbons (Fsp3) is 0.592. The number of hydrogen-bond donors (Lipinski definition) is 4. The van der Waals surface area contributed by atoms with Crippen molar-refractivity contribution in [2.45, 2.75) is 166 Å². The molecular formula is C49H76O12S. The third-order valence-corrected chi connectivity index (χ3v) is 10.2. The number of aliphatic hydroxyl groups is 3. The standard InChI is InChI=1S/C49H76O12S/c1-3-5-7-9-11-13-15-17-19-20-21-22-24-26-28-30-32-34-36-38-45(51)60-42(40-59-49-48(54)47(53)46(52)43(61-49)41-62(55,56)57)39-58-44(50)37-35-33-31-29-27-25-23-18-16-14-12-10-8-6-4-2/h5-8,10-14,16-19,21-23,26,28,42-43,46-49,52-54H,3-4,9,15,20,24-25,27,29-41H2,1-2H3,(H,55,56,57)/b7-5+,8-6+,12-10+,13-11+,16-14+,19-17+,22-21+,23-18+,28-26+/t42-,43-,46-,47?,48?,49+/m1/s1. The second-order valence-corrected chi connectivity index (χ2v) is 16.5. The van der Waals surface area contributed by atoms with Gasteiger partial charge in [-0.3, -0.25) is 14.1 Å². The monoisotopic (exact) mass is 889 g/mol. The average molecular weight is 889 g/mol. The first kappa shape index (κ1) is 56.3. The fourth-order valence-corrected chi connectivity index (χ4v) is 6.70. The van der Waals surface area contributed by atoms with E-state index in [2.05, 4.69) is 86.8 Å². The molecule has 1 heterocycles. The molecule has 1 aliphatic heterocycles. The summed E-state index contributed by atoms with van der Waals surface area (Å²) in [6, 6.07) is 0. The van der Waals surface area contributed by atoms with Gasteiger partial charge in [0.2, 0.25) is 0 Å². The number of carbonyl (C=O) groups excluding carboxylic acids is 2. The summed E-state index contributed by atoms with van der Waals surface area (Å²) in [5.74, 6) is -2.08. The highest BCUT2D eigenvalue weighted by atomic mass is 32.2. The van der Waals surface area contributed by atoms with Gasteiger partial charge in [0.1, 0.15) is 36.8 Å². The van der Waals surface area contributed by atoms with E-state index in [9.17, 15) is 37.9 Å². The second-order valence-electron chi connectivity index (χ2n) is 15.0. The molecule has 6 atom stereocenters. The highest BCUT2D eigenvalue weighted by Gasteiger charge is 2.46. The van der Waals surface area contributed by atoms with E-state index in [-0.39, 0.29) is 19.4 Å². The van der Waals surface area contributed by atoms with E-state index >= 15 is 0 Å². The molecule has 0 aliphatic carbocycles. The molecule has 0 aromatic carbocycles. The van der Waals surface area contributed by atoms with Crippen LogP contribution in [0.5, 0.6) is 0 Å². The number of unbranched alkanes of at least 4 members (excludes halogenated alkanes) is 8. The number of aliphatic hydroxyl groups excluding tert-OH is 3. The fourth-order valence-electron chi connectivity index (χ4n) is 6.01. The maximum Gasteiger partial charge on any atom is 0.306 e. The Morgan fingerprint density at radius 1 is 0.565 bits per heavy atom. The van der Waals surface area contributed by atoms with Crippen molar-refractivity contribution < 1.29 is 56.8 Å². The predicted molar refractivity (Wildman–Crippen MR) is 247 cm³/mol. The van der Waals surface area contributed by atoms with Gasteiger partial charge < -0.3 is 34.3 Å². The Labute approximate surface area is 372 Å². The van der Waals surface area contributed by atoms with Gasteiger partial charge in [0.05, 0.1) is 6.61 Å². The van der Waals surface area contributed by atoms with Gasteiger partial charge in [-0.2, -0.15) is 8.42 Å². The van der Waals surface area contributed by atoms with E-state index in [1.54, 1.807) is 0 Å². The highest BCUT2D eigenvalue weighted by Crippen LogP contribution is 2.24. The van der Waals surface area contributed by atoms with Crippen molar-refractivity contribution in [2.24, 2.45) is 0 Å². The number of allylic oxidation sites excluding steroid dienone is 18. The topological polar surface area (TPSA) is 186 Å². The Hall–Kier alpha value is -3.69. The summed E-state index contributed by atoms with van der Waals surface area (Å²) in [4.78, 5) is 25.4. The number of rotatable bonds is 35. The second kappa shape index (κ2) is 37.8. The van der Waals surface area contributed by atoms with Crippen molar-refractivity contribution in [3.63, 3.8) is 0 Å². The van der Waals surface area contributed by atoms with Crippen LogP contribution >= 0.6 is 0 Å². The summed E-state index contributed by atoms with van der Waals surface area (Å²) in [7, 11) is -4.62. The summed E-state index contributed by atoms with van der Waals surface area (Å²) in [6.45, 7) is 3.44. The molecule has 12 nitrogen and oxygen atoms in total. The smallest absolute Gasteiger partial charge is 0.306 e. The summed E-state index contributed by atoms with van der Waals surface area (Å²) in [6.07, 6.45) is 42.7. The number of ether oxygens (including phenoxy) is 4. The third-order valence-electron chi connectivity index (χ3n) is 9.44. The van der Waals surface area contributed by atoms with Crippen LogP contribution in [0.15, 0.2) is 109 Å². The van der Waals surface area contributed by atoms with Crippen LogP contribution in [0.4, 0.5) is 0 Å². The van der Waals surface area contributed by atoms with Crippen LogP contribution in [0.25, 0.3) is 0 Å². The lowest BCUT2D eigenvalue weighted by molar-refractivity contribution is -0.297. The lowest BCUT2D eigenvalue weighted by Gasteiger charge is -2.40. The molecule has 2 unspecified atom stereocenters. The molecule has 1 aliphatic rings. The zero-order valence-corrected chi connectivity index (χ0v) is 38.0. The van der Waals surface area contributed by atoms with Crippen molar-refractivity contribution in [3.8, 4) is 0 Å². The Balaban J connectivity index is 2.51. The van der Waals surface area contributed by atoms with E-state index in [1.807, 2.05) is 36.5 Å². The lowest BCUT2D eigenvalue weighted by atomic mass is 10.00. The van der Waals surface area contributed by atoms with Crippen LogP contribution in [0.2, 0.25) is 0 Å². The molecule has 13 heteroatoms.